The highest BCUT2D eigenvalue weighted by Gasteiger charge is 2.13. The van der Waals surface area contributed by atoms with Gasteiger partial charge in [-0.05, 0) is 24.3 Å². The molecule has 0 saturated carbocycles. The zero-order valence-corrected chi connectivity index (χ0v) is 14.9. The van der Waals surface area contributed by atoms with Gasteiger partial charge in [-0.15, -0.1) is 11.3 Å². The molecule has 3 aromatic rings. The summed E-state index contributed by atoms with van der Waals surface area (Å²) in [7, 11) is 1.57. The Hall–Kier alpha value is -2.93. The van der Waals surface area contributed by atoms with Gasteiger partial charge in [-0.1, -0.05) is 24.3 Å². The number of para-hydroxylation sites is 2. The van der Waals surface area contributed by atoms with E-state index in [1.165, 1.54) is 17.4 Å². The fourth-order valence-corrected chi connectivity index (χ4v) is 3.12. The molecule has 26 heavy (non-hydrogen) atoms. The van der Waals surface area contributed by atoms with E-state index in [1.54, 1.807) is 42.8 Å². The topological polar surface area (TPSA) is 60.5 Å². The van der Waals surface area contributed by atoms with E-state index >= 15 is 0 Å². The van der Waals surface area contributed by atoms with Gasteiger partial charge in [0.2, 0.25) is 0 Å². The normalized spacial score (nSPS) is 10.4. The van der Waals surface area contributed by atoms with E-state index in [9.17, 15) is 9.18 Å². The number of hydrogen-bond acceptors (Lipinski definition) is 5. The van der Waals surface area contributed by atoms with E-state index < -0.39 is 0 Å². The van der Waals surface area contributed by atoms with E-state index in [1.807, 2.05) is 12.1 Å². The van der Waals surface area contributed by atoms with Crippen LogP contribution in [0.2, 0.25) is 0 Å². The first-order valence-corrected chi connectivity index (χ1v) is 8.81. The molecule has 3 rings (SSSR count). The molecule has 0 fully saturated rings. The number of carbonyl (C=O) groups is 1. The monoisotopic (exact) mass is 372 g/mol. The Bertz CT molecular complexity index is 898. The van der Waals surface area contributed by atoms with Gasteiger partial charge in [0.1, 0.15) is 23.1 Å². The van der Waals surface area contributed by atoms with Gasteiger partial charge < -0.3 is 14.8 Å². The van der Waals surface area contributed by atoms with E-state index in [2.05, 4.69) is 10.3 Å². The number of benzene rings is 2. The van der Waals surface area contributed by atoms with Crippen molar-refractivity contribution >= 4 is 17.2 Å². The molecule has 0 radical (unpaired) electrons. The van der Waals surface area contributed by atoms with Gasteiger partial charge in [-0.25, -0.2) is 9.37 Å². The van der Waals surface area contributed by atoms with Gasteiger partial charge in [0.05, 0.1) is 13.7 Å². The molecular weight excluding hydrogens is 355 g/mol. The first kappa shape index (κ1) is 17.9. The van der Waals surface area contributed by atoms with Gasteiger partial charge >= 0.3 is 0 Å². The third kappa shape index (κ3) is 4.18. The number of nitrogens with zero attached hydrogens (tertiary/aromatic N) is 1. The summed E-state index contributed by atoms with van der Waals surface area (Å²) in [5.41, 5.74) is 0.640. The first-order valence-electron chi connectivity index (χ1n) is 7.93. The zero-order valence-electron chi connectivity index (χ0n) is 14.1. The molecule has 7 heteroatoms. The molecule has 1 amide bonds. The number of thiazole rings is 1. The maximum absolute atomic E-state index is 13.8. The Balaban J connectivity index is 1.54. The summed E-state index contributed by atoms with van der Waals surface area (Å²) in [5.74, 6) is 0.555. The van der Waals surface area contributed by atoms with Crippen molar-refractivity contribution in [1.82, 2.24) is 10.3 Å². The number of rotatable bonds is 7. The Morgan fingerprint density at radius 3 is 2.65 bits per heavy atom. The Kier molecular flexibility index (Phi) is 5.80. The van der Waals surface area contributed by atoms with Crippen molar-refractivity contribution in [3.8, 4) is 22.1 Å². The van der Waals surface area contributed by atoms with Crippen LogP contribution in [0, 0.1) is 5.82 Å². The van der Waals surface area contributed by atoms with Crippen molar-refractivity contribution < 1.29 is 18.7 Å². The first-order chi connectivity index (χ1) is 12.7. The number of carbonyl (C=O) groups excluding carboxylic acids is 1. The Morgan fingerprint density at radius 2 is 1.88 bits per heavy atom. The maximum Gasteiger partial charge on any atom is 0.270 e. The molecule has 1 aromatic heterocycles. The highest BCUT2D eigenvalue weighted by Crippen LogP contribution is 2.26. The van der Waals surface area contributed by atoms with Crippen LogP contribution in [-0.2, 0) is 0 Å². The fourth-order valence-electron chi connectivity index (χ4n) is 2.29. The van der Waals surface area contributed by atoms with Crippen LogP contribution in [0.1, 0.15) is 10.5 Å². The molecule has 0 unspecified atom stereocenters. The minimum absolute atomic E-state index is 0.255. The van der Waals surface area contributed by atoms with Crippen LogP contribution < -0.4 is 14.8 Å². The Morgan fingerprint density at radius 1 is 1.15 bits per heavy atom. The van der Waals surface area contributed by atoms with Crippen molar-refractivity contribution in [3.05, 3.63) is 65.4 Å². The molecule has 1 N–H and O–H groups in total. The van der Waals surface area contributed by atoms with Crippen molar-refractivity contribution in [3.63, 3.8) is 0 Å². The van der Waals surface area contributed by atoms with Gasteiger partial charge in [0.15, 0.2) is 11.5 Å². The molecule has 0 aliphatic rings. The largest absolute Gasteiger partial charge is 0.493 e. The SMILES string of the molecule is COc1ccccc1OCCNC(=O)c1csc(-c2ccccc2F)n1. The second-order valence-electron chi connectivity index (χ2n) is 5.27. The number of ether oxygens (including phenoxy) is 2. The number of halogens is 1. The van der Waals surface area contributed by atoms with Gasteiger partial charge in [-0.2, -0.15) is 0 Å². The molecule has 134 valence electrons. The van der Waals surface area contributed by atoms with Crippen molar-refractivity contribution in [2.45, 2.75) is 0 Å². The standard InChI is InChI=1S/C19H17FN2O3S/c1-24-16-8-4-5-9-17(16)25-11-10-21-18(23)15-12-26-19(22-15)13-6-2-3-7-14(13)20/h2-9,12H,10-11H2,1H3,(H,21,23). The molecule has 0 saturated heterocycles. The third-order valence-corrected chi connectivity index (χ3v) is 4.43. The van der Waals surface area contributed by atoms with Crippen LogP contribution in [0.25, 0.3) is 10.6 Å². The van der Waals surface area contributed by atoms with Crippen molar-refractivity contribution in [1.29, 1.82) is 0 Å². The van der Waals surface area contributed by atoms with Crippen LogP contribution in [0.15, 0.2) is 53.9 Å². The summed E-state index contributed by atoms with van der Waals surface area (Å²) < 4.78 is 24.6. The minimum Gasteiger partial charge on any atom is -0.493 e. The highest BCUT2D eigenvalue weighted by molar-refractivity contribution is 7.13. The molecule has 0 aliphatic heterocycles. The van der Waals surface area contributed by atoms with Crippen LogP contribution in [0.3, 0.4) is 0 Å². The van der Waals surface area contributed by atoms with E-state index in [0.717, 1.165) is 0 Å². The predicted octanol–water partition coefficient (Wildman–Crippen LogP) is 3.77. The summed E-state index contributed by atoms with van der Waals surface area (Å²) >= 11 is 1.23. The average molecular weight is 372 g/mol. The Labute approximate surface area is 154 Å². The smallest absolute Gasteiger partial charge is 0.270 e. The van der Waals surface area contributed by atoms with E-state index in [0.29, 0.717) is 28.6 Å². The van der Waals surface area contributed by atoms with Crippen LogP contribution >= 0.6 is 11.3 Å². The summed E-state index contributed by atoms with van der Waals surface area (Å²) in [6.07, 6.45) is 0. The molecule has 0 atom stereocenters. The van der Waals surface area contributed by atoms with Gasteiger partial charge in [0.25, 0.3) is 5.91 Å². The van der Waals surface area contributed by atoms with Gasteiger partial charge in [-0.3, -0.25) is 4.79 Å². The second kappa shape index (κ2) is 8.44. The van der Waals surface area contributed by atoms with E-state index in [-0.39, 0.29) is 24.0 Å². The molecule has 0 spiro atoms. The molecule has 0 aliphatic carbocycles. The number of amides is 1. The molecular formula is C19H17FN2O3S. The maximum atomic E-state index is 13.8. The zero-order chi connectivity index (χ0) is 18.4. The quantitative estimate of drug-likeness (QED) is 0.642. The molecule has 1 heterocycles. The second-order valence-corrected chi connectivity index (χ2v) is 6.13. The molecule has 0 bridgehead atoms. The van der Waals surface area contributed by atoms with Crippen LogP contribution in [0.4, 0.5) is 4.39 Å². The van der Waals surface area contributed by atoms with E-state index in [4.69, 9.17) is 9.47 Å². The number of methoxy groups -OCH3 is 1. The predicted molar refractivity (Wildman–Crippen MR) is 98.3 cm³/mol. The lowest BCUT2D eigenvalue weighted by atomic mass is 10.2. The third-order valence-electron chi connectivity index (χ3n) is 3.56. The minimum atomic E-state index is -0.362. The fraction of sp³-hybridized carbons (Fsp3) is 0.158. The lowest BCUT2D eigenvalue weighted by Crippen LogP contribution is -2.28. The summed E-state index contributed by atoms with van der Waals surface area (Å²) in [6, 6.07) is 13.6. The summed E-state index contributed by atoms with van der Waals surface area (Å²) in [5, 5.41) is 4.81. The summed E-state index contributed by atoms with van der Waals surface area (Å²) in [6.45, 7) is 0.597. The highest BCUT2D eigenvalue weighted by atomic mass is 32.1. The van der Waals surface area contributed by atoms with Crippen LogP contribution in [-0.4, -0.2) is 31.2 Å². The number of hydrogen-bond donors (Lipinski definition) is 1. The number of nitrogens with one attached hydrogen (secondary N) is 1. The number of aromatic nitrogens is 1. The lowest BCUT2D eigenvalue weighted by molar-refractivity contribution is 0.0942. The van der Waals surface area contributed by atoms with Crippen molar-refractivity contribution in [2.75, 3.05) is 20.3 Å². The van der Waals surface area contributed by atoms with Crippen molar-refractivity contribution in [2.24, 2.45) is 0 Å². The molecule has 2 aromatic carbocycles. The average Bonchev–Trinajstić information content (AvgIpc) is 3.16. The van der Waals surface area contributed by atoms with Gasteiger partial charge in [0, 0.05) is 10.9 Å². The molecule has 5 nitrogen and oxygen atoms in total. The van der Waals surface area contributed by atoms with Crippen LogP contribution in [0.5, 0.6) is 11.5 Å². The lowest BCUT2D eigenvalue weighted by Gasteiger charge is -2.10. The summed E-state index contributed by atoms with van der Waals surface area (Å²) in [4.78, 5) is 16.4.